The van der Waals surface area contributed by atoms with E-state index in [1.165, 1.54) is 0 Å². The van der Waals surface area contributed by atoms with Crippen LogP contribution in [0.25, 0.3) is 0 Å². The molecule has 0 amide bonds. The molecule has 2 heteroatoms. The van der Waals surface area contributed by atoms with Gasteiger partial charge in [0.05, 0.1) is 0 Å². The zero-order chi connectivity index (χ0) is 12.5. The zero-order valence-corrected chi connectivity index (χ0v) is 11.3. The standard InChI is InChI=1S/C15H24O2/c1-13(9-16)6-10-7-14(2)4-5-15(3,12(14)17)11(10)8-13/h10-11,16H,4-9H2,1-3H3/t10-,11-,13+,14-,15+/m0/s1. The molecule has 0 aromatic carbocycles. The first-order valence-electron chi connectivity index (χ1n) is 6.99. The van der Waals surface area contributed by atoms with Crippen LogP contribution >= 0.6 is 0 Å². The van der Waals surface area contributed by atoms with Crippen molar-refractivity contribution in [1.82, 2.24) is 0 Å². The Kier molecular flexibility index (Phi) is 2.16. The Bertz CT molecular complexity index is 377. The molecule has 96 valence electrons. The third-order valence-electron chi connectivity index (χ3n) is 6.21. The number of hydrogen-bond acceptors (Lipinski definition) is 2. The van der Waals surface area contributed by atoms with Gasteiger partial charge in [-0.3, -0.25) is 4.79 Å². The molecule has 0 saturated heterocycles. The van der Waals surface area contributed by atoms with Gasteiger partial charge in [-0.1, -0.05) is 20.8 Å². The fraction of sp³-hybridized carbons (Fsp3) is 0.933. The first-order valence-corrected chi connectivity index (χ1v) is 6.99. The minimum absolute atomic E-state index is 0.0450. The number of carbonyl (C=O) groups is 1. The lowest BCUT2D eigenvalue weighted by Crippen LogP contribution is -2.45. The Morgan fingerprint density at radius 2 is 1.88 bits per heavy atom. The summed E-state index contributed by atoms with van der Waals surface area (Å²) in [5.41, 5.74) is -0.0549. The van der Waals surface area contributed by atoms with Gasteiger partial charge in [0.15, 0.2) is 0 Å². The molecule has 17 heavy (non-hydrogen) atoms. The van der Waals surface area contributed by atoms with Crippen LogP contribution in [0.2, 0.25) is 0 Å². The fourth-order valence-electron chi connectivity index (χ4n) is 5.22. The number of aliphatic hydroxyl groups is 1. The molecule has 3 saturated carbocycles. The van der Waals surface area contributed by atoms with Gasteiger partial charge in [-0.2, -0.15) is 0 Å². The summed E-state index contributed by atoms with van der Waals surface area (Å²) in [6.07, 6.45) is 5.40. The quantitative estimate of drug-likeness (QED) is 0.760. The first-order chi connectivity index (χ1) is 7.83. The van der Waals surface area contributed by atoms with E-state index in [9.17, 15) is 9.90 Å². The highest BCUT2D eigenvalue weighted by Crippen LogP contribution is 2.66. The highest BCUT2D eigenvalue weighted by atomic mass is 16.3. The first kappa shape index (κ1) is 11.7. The van der Waals surface area contributed by atoms with Crippen LogP contribution in [0.1, 0.15) is 52.9 Å². The Morgan fingerprint density at radius 1 is 1.18 bits per heavy atom. The fourth-order valence-corrected chi connectivity index (χ4v) is 5.22. The molecule has 3 fully saturated rings. The minimum atomic E-state index is -0.0788. The van der Waals surface area contributed by atoms with E-state index in [0.29, 0.717) is 17.6 Å². The van der Waals surface area contributed by atoms with E-state index in [4.69, 9.17) is 0 Å². The molecule has 0 radical (unpaired) electrons. The van der Waals surface area contributed by atoms with Crippen LogP contribution in [0.4, 0.5) is 0 Å². The molecule has 2 nitrogen and oxygen atoms in total. The third kappa shape index (κ3) is 1.34. The molecule has 5 atom stereocenters. The van der Waals surface area contributed by atoms with Crippen molar-refractivity contribution >= 4 is 5.78 Å². The minimum Gasteiger partial charge on any atom is -0.396 e. The second-order valence-corrected chi connectivity index (χ2v) is 7.75. The summed E-state index contributed by atoms with van der Waals surface area (Å²) in [6.45, 7) is 6.84. The van der Waals surface area contributed by atoms with E-state index in [1.807, 2.05) is 0 Å². The highest BCUT2D eigenvalue weighted by molar-refractivity contribution is 5.93. The summed E-state index contributed by atoms with van der Waals surface area (Å²) >= 11 is 0. The Morgan fingerprint density at radius 3 is 2.53 bits per heavy atom. The lowest BCUT2D eigenvalue weighted by molar-refractivity contribution is -0.141. The Labute approximate surface area is 104 Å². The Hall–Kier alpha value is -0.370. The molecule has 0 heterocycles. The molecule has 3 aliphatic rings. The van der Waals surface area contributed by atoms with Crippen molar-refractivity contribution in [3.63, 3.8) is 0 Å². The van der Waals surface area contributed by atoms with Gasteiger partial charge in [-0.25, -0.2) is 0 Å². The molecule has 0 unspecified atom stereocenters. The highest BCUT2D eigenvalue weighted by Gasteiger charge is 2.64. The van der Waals surface area contributed by atoms with E-state index < -0.39 is 0 Å². The molecular weight excluding hydrogens is 212 g/mol. The summed E-state index contributed by atoms with van der Waals surface area (Å²) in [5.74, 6) is 1.72. The van der Waals surface area contributed by atoms with E-state index in [1.54, 1.807) is 0 Å². The second-order valence-electron chi connectivity index (χ2n) is 7.75. The van der Waals surface area contributed by atoms with Crippen molar-refractivity contribution in [3.05, 3.63) is 0 Å². The van der Waals surface area contributed by atoms with Crippen LogP contribution < -0.4 is 0 Å². The van der Waals surface area contributed by atoms with Gasteiger partial charge in [-0.05, 0) is 49.4 Å². The van der Waals surface area contributed by atoms with E-state index in [-0.39, 0.29) is 22.9 Å². The summed E-state index contributed by atoms with van der Waals surface area (Å²) in [5, 5.41) is 9.57. The molecule has 2 bridgehead atoms. The molecule has 1 N–H and O–H groups in total. The van der Waals surface area contributed by atoms with Crippen molar-refractivity contribution in [2.24, 2.45) is 28.1 Å². The Balaban J connectivity index is 1.98. The van der Waals surface area contributed by atoms with Gasteiger partial charge in [0.25, 0.3) is 0 Å². The topological polar surface area (TPSA) is 37.3 Å². The summed E-state index contributed by atoms with van der Waals surface area (Å²) in [6, 6.07) is 0. The maximum absolute atomic E-state index is 12.6. The maximum Gasteiger partial charge on any atom is 0.144 e. The van der Waals surface area contributed by atoms with Gasteiger partial charge in [0, 0.05) is 17.4 Å². The molecule has 0 aromatic heterocycles. The van der Waals surface area contributed by atoms with Crippen LogP contribution in [0.5, 0.6) is 0 Å². The number of Topliss-reactive ketones (excluding diaryl/α,β-unsaturated/α-hetero) is 1. The van der Waals surface area contributed by atoms with Crippen LogP contribution in [-0.2, 0) is 4.79 Å². The maximum atomic E-state index is 12.6. The van der Waals surface area contributed by atoms with Crippen molar-refractivity contribution in [1.29, 1.82) is 0 Å². The van der Waals surface area contributed by atoms with E-state index in [0.717, 1.165) is 32.1 Å². The van der Waals surface area contributed by atoms with Crippen LogP contribution in [-0.4, -0.2) is 17.5 Å². The van der Waals surface area contributed by atoms with Gasteiger partial charge >= 0.3 is 0 Å². The lowest BCUT2D eigenvalue weighted by Gasteiger charge is -2.42. The monoisotopic (exact) mass is 236 g/mol. The number of ketones is 1. The average molecular weight is 236 g/mol. The number of carbonyl (C=O) groups excluding carboxylic acids is 1. The molecule has 0 aliphatic heterocycles. The van der Waals surface area contributed by atoms with Crippen LogP contribution in [0, 0.1) is 28.1 Å². The molecule has 0 spiro atoms. The predicted octanol–water partition coefficient (Wildman–Crippen LogP) is 2.79. The van der Waals surface area contributed by atoms with Gasteiger partial charge in [0.1, 0.15) is 5.78 Å². The van der Waals surface area contributed by atoms with Gasteiger partial charge in [0.2, 0.25) is 0 Å². The normalized spacial score (nSPS) is 57.3. The van der Waals surface area contributed by atoms with Gasteiger partial charge in [-0.15, -0.1) is 0 Å². The van der Waals surface area contributed by atoms with E-state index in [2.05, 4.69) is 20.8 Å². The molecule has 3 aliphatic carbocycles. The summed E-state index contributed by atoms with van der Waals surface area (Å²) < 4.78 is 0. The molecule has 0 aromatic rings. The number of hydrogen-bond donors (Lipinski definition) is 1. The van der Waals surface area contributed by atoms with E-state index >= 15 is 0 Å². The smallest absolute Gasteiger partial charge is 0.144 e. The number of fused-ring (bicyclic) bond motifs is 4. The summed E-state index contributed by atoms with van der Waals surface area (Å²) in [4.78, 5) is 12.6. The lowest BCUT2D eigenvalue weighted by atomic mass is 9.60. The van der Waals surface area contributed by atoms with Crippen LogP contribution in [0.15, 0.2) is 0 Å². The second kappa shape index (κ2) is 3.14. The van der Waals surface area contributed by atoms with Crippen molar-refractivity contribution in [3.8, 4) is 0 Å². The van der Waals surface area contributed by atoms with Crippen molar-refractivity contribution in [2.75, 3.05) is 6.61 Å². The average Bonchev–Trinajstić information content (AvgIpc) is 2.69. The summed E-state index contributed by atoms with van der Waals surface area (Å²) in [7, 11) is 0. The number of aliphatic hydroxyl groups excluding tert-OH is 1. The van der Waals surface area contributed by atoms with Gasteiger partial charge < -0.3 is 5.11 Å². The van der Waals surface area contributed by atoms with Crippen LogP contribution in [0.3, 0.4) is 0 Å². The predicted molar refractivity (Wildman–Crippen MR) is 66.5 cm³/mol. The van der Waals surface area contributed by atoms with Crippen molar-refractivity contribution < 1.29 is 9.90 Å². The largest absolute Gasteiger partial charge is 0.396 e. The molecular formula is C15H24O2. The zero-order valence-electron chi connectivity index (χ0n) is 11.3. The molecule has 3 rings (SSSR count). The third-order valence-corrected chi connectivity index (χ3v) is 6.21. The number of rotatable bonds is 1. The van der Waals surface area contributed by atoms with Crippen molar-refractivity contribution in [2.45, 2.75) is 52.9 Å². The SMILES string of the molecule is C[C@@]1(CO)C[C@H]2C[C@]3(C)CC[C@@](C)(C3=O)[C@H]2C1.